The Hall–Kier alpha value is -1.42. The highest BCUT2D eigenvalue weighted by molar-refractivity contribution is 5.69. The van der Waals surface area contributed by atoms with E-state index in [4.69, 9.17) is 52.5 Å². The van der Waals surface area contributed by atoms with Gasteiger partial charge in [0.1, 0.15) is 13.2 Å². The van der Waals surface area contributed by atoms with Crippen molar-refractivity contribution in [3.05, 3.63) is 0 Å². The number of esters is 1. The Labute approximate surface area is 219 Å². The molecule has 1 N–H and O–H groups in total. The first-order valence-corrected chi connectivity index (χ1v) is 12.7. The molecule has 0 saturated heterocycles. The number of rotatable bonds is 31. The van der Waals surface area contributed by atoms with Crippen LogP contribution < -0.4 is 0 Å². The second-order valence-corrected chi connectivity index (χ2v) is 7.32. The minimum Gasteiger partial charge on any atom is -0.480 e. The minimum atomic E-state index is -0.998. The number of aliphatic carboxylic acids is 1. The van der Waals surface area contributed by atoms with Crippen molar-refractivity contribution in [3.8, 4) is 0 Å². The molecule has 0 amide bonds. The first kappa shape index (κ1) is 35.6. The van der Waals surface area contributed by atoms with Crippen LogP contribution in [0.1, 0.15) is 19.8 Å². The van der Waals surface area contributed by atoms with Gasteiger partial charge in [0.25, 0.3) is 0 Å². The highest BCUT2D eigenvalue weighted by Crippen LogP contribution is 1.91. The van der Waals surface area contributed by atoms with Crippen LogP contribution in [0.5, 0.6) is 0 Å². The van der Waals surface area contributed by atoms with Crippen molar-refractivity contribution < 1.29 is 62.1 Å². The quantitative estimate of drug-likeness (QED) is 0.0962. The maximum atomic E-state index is 11.1. The van der Waals surface area contributed by atoms with E-state index in [1.54, 1.807) is 0 Å². The number of hydrogen-bond acceptors (Lipinski definition) is 12. The second-order valence-electron chi connectivity index (χ2n) is 7.32. The summed E-state index contributed by atoms with van der Waals surface area (Å²) in [6, 6.07) is 0. The summed E-state index contributed by atoms with van der Waals surface area (Å²) < 4.78 is 52.7. The predicted octanol–water partition coefficient (Wildman–Crippen LogP) is 0.564. The van der Waals surface area contributed by atoms with E-state index in [0.29, 0.717) is 112 Å². The van der Waals surface area contributed by atoms with Crippen molar-refractivity contribution in [2.75, 3.05) is 126 Å². The molecule has 220 valence electrons. The van der Waals surface area contributed by atoms with Crippen molar-refractivity contribution in [2.24, 2.45) is 0 Å². The molecule has 0 atom stereocenters. The molecule has 0 heterocycles. The van der Waals surface area contributed by atoms with Crippen molar-refractivity contribution in [3.63, 3.8) is 0 Å². The molecule has 13 heteroatoms. The Morgan fingerprint density at radius 2 is 0.730 bits per heavy atom. The Morgan fingerprint density at radius 1 is 0.459 bits per heavy atom. The lowest BCUT2D eigenvalue weighted by molar-refractivity contribution is -0.145. The third-order valence-corrected chi connectivity index (χ3v) is 4.15. The fraction of sp³-hybridized carbons (Fsp3) is 0.917. The van der Waals surface area contributed by atoms with Gasteiger partial charge in [0, 0.05) is 6.42 Å². The van der Waals surface area contributed by atoms with Gasteiger partial charge < -0.3 is 52.5 Å². The van der Waals surface area contributed by atoms with E-state index >= 15 is 0 Å². The lowest BCUT2D eigenvalue weighted by atomic mass is 10.3. The van der Waals surface area contributed by atoms with Crippen molar-refractivity contribution in [2.45, 2.75) is 19.8 Å². The molecule has 37 heavy (non-hydrogen) atoms. The predicted molar refractivity (Wildman–Crippen MR) is 131 cm³/mol. The van der Waals surface area contributed by atoms with Crippen LogP contribution in [0.3, 0.4) is 0 Å². The van der Waals surface area contributed by atoms with Crippen LogP contribution in [0, 0.1) is 0 Å². The Balaban J connectivity index is 3.05. The van der Waals surface area contributed by atoms with Crippen molar-refractivity contribution in [1.82, 2.24) is 0 Å². The highest BCUT2D eigenvalue weighted by atomic mass is 16.6. The summed E-state index contributed by atoms with van der Waals surface area (Å²) in [7, 11) is 0. The van der Waals surface area contributed by atoms with Gasteiger partial charge in [-0.1, -0.05) is 6.92 Å². The van der Waals surface area contributed by atoms with Crippen molar-refractivity contribution >= 4 is 11.9 Å². The molecule has 13 nitrogen and oxygen atoms in total. The number of carbonyl (C=O) groups excluding carboxylic acids is 1. The standard InChI is InChI=1S/C24H46O13/c1-2-3-24(27)37-21-20-35-17-16-33-13-12-31-9-8-29-5-4-28-6-7-30-10-11-32-14-15-34-18-19-36-22-23(25)26/h2-22H2,1H3,(H,25,26). The van der Waals surface area contributed by atoms with Gasteiger partial charge >= 0.3 is 11.9 Å². The molecule has 0 aromatic rings. The molecular formula is C24H46O13. The van der Waals surface area contributed by atoms with Crippen LogP contribution in [0.25, 0.3) is 0 Å². The smallest absolute Gasteiger partial charge is 0.329 e. The molecule has 0 rings (SSSR count). The number of carbonyl (C=O) groups is 2. The van der Waals surface area contributed by atoms with Gasteiger partial charge in [-0.15, -0.1) is 0 Å². The van der Waals surface area contributed by atoms with E-state index in [0.717, 1.165) is 6.42 Å². The summed E-state index contributed by atoms with van der Waals surface area (Å²) in [5.41, 5.74) is 0. The zero-order valence-electron chi connectivity index (χ0n) is 22.2. The van der Waals surface area contributed by atoms with Gasteiger partial charge in [0.2, 0.25) is 0 Å². The monoisotopic (exact) mass is 542 g/mol. The summed E-state index contributed by atoms with van der Waals surface area (Å²) >= 11 is 0. The van der Waals surface area contributed by atoms with Gasteiger partial charge in [0.05, 0.1) is 112 Å². The second kappa shape index (κ2) is 30.8. The number of carboxylic acids is 1. The molecule has 0 aliphatic heterocycles. The topological polar surface area (TPSA) is 147 Å². The molecular weight excluding hydrogens is 496 g/mol. The van der Waals surface area contributed by atoms with Gasteiger partial charge in [-0.05, 0) is 6.42 Å². The summed E-state index contributed by atoms with van der Waals surface area (Å²) in [6.07, 6.45) is 1.22. The van der Waals surface area contributed by atoms with E-state index in [9.17, 15) is 9.59 Å². The molecule has 0 spiro atoms. The Kier molecular flexibility index (Phi) is 29.6. The molecule has 0 radical (unpaired) electrons. The number of hydrogen-bond donors (Lipinski definition) is 1. The zero-order valence-corrected chi connectivity index (χ0v) is 22.2. The van der Waals surface area contributed by atoms with Crippen LogP contribution in [-0.4, -0.2) is 143 Å². The van der Waals surface area contributed by atoms with Gasteiger partial charge in [-0.2, -0.15) is 0 Å². The molecule has 0 aromatic carbocycles. The largest absolute Gasteiger partial charge is 0.480 e. The van der Waals surface area contributed by atoms with Gasteiger partial charge in [-0.3, -0.25) is 4.79 Å². The SMILES string of the molecule is CCCC(=O)OCCOCCOCCOCCOCCOCCOCCOCCOCCOCC(=O)O. The van der Waals surface area contributed by atoms with Crippen LogP contribution in [0.4, 0.5) is 0 Å². The fourth-order valence-corrected chi connectivity index (χ4v) is 2.41. The van der Waals surface area contributed by atoms with Crippen LogP contribution in [0.15, 0.2) is 0 Å². The molecule has 0 aliphatic rings. The normalized spacial score (nSPS) is 11.2. The molecule has 0 fully saturated rings. The first-order valence-electron chi connectivity index (χ1n) is 12.7. The summed E-state index contributed by atoms with van der Waals surface area (Å²) in [5, 5.41) is 8.40. The average Bonchev–Trinajstić information content (AvgIpc) is 2.87. The van der Waals surface area contributed by atoms with Gasteiger partial charge in [-0.25, -0.2) is 4.79 Å². The van der Waals surface area contributed by atoms with E-state index in [-0.39, 0.29) is 25.8 Å². The summed E-state index contributed by atoms with van der Waals surface area (Å²) in [4.78, 5) is 21.4. The van der Waals surface area contributed by atoms with Crippen LogP contribution in [0.2, 0.25) is 0 Å². The van der Waals surface area contributed by atoms with E-state index in [1.807, 2.05) is 6.92 Å². The van der Waals surface area contributed by atoms with Crippen LogP contribution >= 0.6 is 0 Å². The lowest BCUT2D eigenvalue weighted by Crippen LogP contribution is -2.15. The number of carboxylic acid groups (broad SMARTS) is 1. The molecule has 0 saturated carbocycles. The molecule has 0 aliphatic carbocycles. The molecule has 0 aromatic heterocycles. The summed E-state index contributed by atoms with van der Waals surface area (Å²) in [6.45, 7) is 9.32. The van der Waals surface area contributed by atoms with E-state index in [2.05, 4.69) is 0 Å². The Bertz CT molecular complexity index is 493. The van der Waals surface area contributed by atoms with E-state index < -0.39 is 5.97 Å². The number of ether oxygens (including phenoxy) is 10. The summed E-state index contributed by atoms with van der Waals surface area (Å²) in [5.74, 6) is -1.19. The first-order chi connectivity index (χ1) is 18.2. The van der Waals surface area contributed by atoms with Gasteiger partial charge in [0.15, 0.2) is 0 Å². The van der Waals surface area contributed by atoms with E-state index in [1.165, 1.54) is 0 Å². The average molecular weight is 543 g/mol. The third kappa shape index (κ3) is 32.6. The molecule has 0 unspecified atom stereocenters. The maximum absolute atomic E-state index is 11.1. The fourth-order valence-electron chi connectivity index (χ4n) is 2.41. The lowest BCUT2D eigenvalue weighted by Gasteiger charge is -2.09. The molecule has 0 bridgehead atoms. The maximum Gasteiger partial charge on any atom is 0.329 e. The van der Waals surface area contributed by atoms with Crippen LogP contribution in [-0.2, 0) is 57.0 Å². The Morgan fingerprint density at radius 3 is 1.00 bits per heavy atom. The zero-order chi connectivity index (χ0) is 27.1. The minimum absolute atomic E-state index is 0.194. The third-order valence-electron chi connectivity index (χ3n) is 4.15. The highest BCUT2D eigenvalue weighted by Gasteiger charge is 2.00. The van der Waals surface area contributed by atoms with Crippen molar-refractivity contribution in [1.29, 1.82) is 0 Å².